The molecule has 2 N–H and O–H groups in total. The monoisotopic (exact) mass is 477 g/mol. The van der Waals surface area contributed by atoms with Gasteiger partial charge in [0, 0.05) is 16.6 Å². The van der Waals surface area contributed by atoms with E-state index < -0.39 is 6.36 Å². The summed E-state index contributed by atoms with van der Waals surface area (Å²) in [6.45, 7) is -0.00108. The van der Waals surface area contributed by atoms with Crippen LogP contribution in [-0.2, 0) is 0 Å². The fourth-order valence-corrected chi connectivity index (χ4v) is 4.26. The number of nitrogens with zero attached hydrogens (tertiary/aromatic N) is 2. The van der Waals surface area contributed by atoms with E-state index in [2.05, 4.69) is 9.72 Å². The second-order valence-corrected chi connectivity index (χ2v) is 7.76. The molecule has 0 fully saturated rings. The van der Waals surface area contributed by atoms with E-state index in [-0.39, 0.29) is 29.5 Å². The highest BCUT2D eigenvalue weighted by Gasteiger charge is 2.33. The van der Waals surface area contributed by atoms with Gasteiger partial charge in [0.25, 0.3) is 0 Å². The van der Waals surface area contributed by atoms with Crippen molar-refractivity contribution in [1.82, 2.24) is 4.98 Å². The zero-order chi connectivity index (χ0) is 23.8. The van der Waals surface area contributed by atoms with Crippen molar-refractivity contribution in [3.8, 4) is 28.5 Å². The van der Waals surface area contributed by atoms with Crippen LogP contribution in [0.2, 0.25) is 0 Å². The first kappa shape index (κ1) is 22.5. The van der Waals surface area contributed by atoms with Crippen molar-refractivity contribution >= 4 is 28.4 Å². The molecule has 0 atom stereocenters. The van der Waals surface area contributed by atoms with Gasteiger partial charge in [0.05, 0.1) is 32.0 Å². The lowest BCUT2D eigenvalue weighted by atomic mass is 10.1. The first-order chi connectivity index (χ1) is 15.7. The Balaban J connectivity index is 1.56. The van der Waals surface area contributed by atoms with Crippen molar-refractivity contribution in [3.63, 3.8) is 0 Å². The summed E-state index contributed by atoms with van der Waals surface area (Å²) in [5.41, 5.74) is 2.11. The number of rotatable bonds is 6. The Labute approximate surface area is 190 Å². The Kier molecular flexibility index (Phi) is 5.90. The number of aromatic nitrogens is 1. The van der Waals surface area contributed by atoms with E-state index >= 15 is 0 Å². The normalized spacial score (nSPS) is 14.1. The van der Waals surface area contributed by atoms with E-state index in [0.29, 0.717) is 27.9 Å². The third-order valence-corrected chi connectivity index (χ3v) is 5.74. The molecule has 33 heavy (non-hydrogen) atoms. The van der Waals surface area contributed by atoms with Crippen LogP contribution in [0.25, 0.3) is 16.8 Å². The molecule has 172 valence electrons. The molecule has 2 heterocycles. The first-order valence-corrected chi connectivity index (χ1v) is 10.4. The van der Waals surface area contributed by atoms with Crippen LogP contribution in [0.15, 0.2) is 53.6 Å². The number of thiazole rings is 1. The molecule has 0 radical (unpaired) electrons. The maximum absolute atomic E-state index is 12.4. The van der Waals surface area contributed by atoms with Crippen LogP contribution < -0.4 is 19.1 Å². The number of benzene rings is 2. The Morgan fingerprint density at radius 1 is 1.06 bits per heavy atom. The molecule has 4 rings (SSSR count). The second kappa shape index (κ2) is 8.66. The molecule has 0 spiro atoms. The summed E-state index contributed by atoms with van der Waals surface area (Å²) in [7, 11) is 3.08. The zero-order valence-corrected chi connectivity index (χ0v) is 18.3. The van der Waals surface area contributed by atoms with Crippen LogP contribution in [0.3, 0.4) is 0 Å². The zero-order valence-electron chi connectivity index (χ0n) is 17.4. The molecular weight excluding hydrogens is 459 g/mol. The van der Waals surface area contributed by atoms with Crippen LogP contribution >= 0.6 is 11.3 Å². The molecule has 7 nitrogen and oxygen atoms in total. The molecule has 0 bridgehead atoms. The number of halogens is 3. The summed E-state index contributed by atoms with van der Waals surface area (Å²) in [5.74, 6) is 0.698. The SMILES string of the molecule is COc1ccc(-c2csc(C3=C(O)CN(c4ccc(OC(F)(F)F)cc4)C3=N)n2)cc1OC. The van der Waals surface area contributed by atoms with Gasteiger partial charge >= 0.3 is 6.36 Å². The quantitative estimate of drug-likeness (QED) is 0.488. The molecule has 0 aliphatic carbocycles. The number of hydrogen-bond donors (Lipinski definition) is 2. The van der Waals surface area contributed by atoms with E-state index in [9.17, 15) is 18.3 Å². The van der Waals surface area contributed by atoms with Crippen LogP contribution in [0.5, 0.6) is 17.2 Å². The first-order valence-electron chi connectivity index (χ1n) is 9.53. The fourth-order valence-electron chi connectivity index (χ4n) is 3.37. The van der Waals surface area contributed by atoms with E-state index in [1.54, 1.807) is 24.6 Å². The van der Waals surface area contributed by atoms with Crippen molar-refractivity contribution in [2.45, 2.75) is 6.36 Å². The lowest BCUT2D eigenvalue weighted by Crippen LogP contribution is -2.26. The van der Waals surface area contributed by atoms with Gasteiger partial charge in [-0.15, -0.1) is 24.5 Å². The van der Waals surface area contributed by atoms with Crippen molar-refractivity contribution < 1.29 is 32.5 Å². The maximum Gasteiger partial charge on any atom is 0.573 e. The van der Waals surface area contributed by atoms with E-state index in [1.165, 1.54) is 35.5 Å². The average molecular weight is 477 g/mol. The third kappa shape index (κ3) is 4.58. The minimum absolute atomic E-state index is 0.00108. The fraction of sp³-hybridized carbons (Fsp3) is 0.182. The molecule has 1 aliphatic heterocycles. The smallest absolute Gasteiger partial charge is 0.510 e. The molecule has 0 amide bonds. The van der Waals surface area contributed by atoms with Crippen LogP contribution in [0.1, 0.15) is 5.01 Å². The largest absolute Gasteiger partial charge is 0.573 e. The molecule has 2 aromatic carbocycles. The van der Waals surface area contributed by atoms with Crippen molar-refractivity contribution in [2.24, 2.45) is 0 Å². The molecular formula is C22H18F3N3O4S. The predicted molar refractivity (Wildman–Crippen MR) is 118 cm³/mol. The van der Waals surface area contributed by atoms with E-state index in [4.69, 9.17) is 14.9 Å². The van der Waals surface area contributed by atoms with Gasteiger partial charge in [0.1, 0.15) is 22.4 Å². The number of alkyl halides is 3. The van der Waals surface area contributed by atoms with Gasteiger partial charge in [-0.1, -0.05) is 0 Å². The molecule has 1 aliphatic rings. The highest BCUT2D eigenvalue weighted by molar-refractivity contribution is 7.11. The Morgan fingerprint density at radius 3 is 2.39 bits per heavy atom. The maximum atomic E-state index is 12.4. The summed E-state index contributed by atoms with van der Waals surface area (Å²) in [6, 6.07) is 10.5. The molecule has 0 saturated carbocycles. The van der Waals surface area contributed by atoms with Gasteiger partial charge in [-0.3, -0.25) is 5.41 Å². The number of ether oxygens (including phenoxy) is 3. The summed E-state index contributed by atoms with van der Waals surface area (Å²) in [5, 5.41) is 21.3. The number of aliphatic hydroxyl groups is 1. The Morgan fingerprint density at radius 2 is 1.76 bits per heavy atom. The minimum Gasteiger partial charge on any atom is -0.510 e. The molecule has 11 heteroatoms. The third-order valence-electron chi connectivity index (χ3n) is 4.88. The van der Waals surface area contributed by atoms with E-state index in [0.717, 1.165) is 17.7 Å². The molecule has 0 saturated heterocycles. The van der Waals surface area contributed by atoms with Crippen LogP contribution in [0.4, 0.5) is 18.9 Å². The van der Waals surface area contributed by atoms with Gasteiger partial charge in [-0.25, -0.2) is 4.98 Å². The summed E-state index contributed by atoms with van der Waals surface area (Å²) in [4.78, 5) is 6.04. The van der Waals surface area contributed by atoms with Crippen molar-refractivity contribution in [3.05, 3.63) is 58.6 Å². The van der Waals surface area contributed by atoms with Gasteiger partial charge in [0.2, 0.25) is 0 Å². The molecule has 0 unspecified atom stereocenters. The number of methoxy groups -OCH3 is 2. The van der Waals surface area contributed by atoms with Gasteiger partial charge in [-0.2, -0.15) is 0 Å². The summed E-state index contributed by atoms with van der Waals surface area (Å²) >= 11 is 1.27. The lowest BCUT2D eigenvalue weighted by Gasteiger charge is -2.19. The van der Waals surface area contributed by atoms with Gasteiger partial charge < -0.3 is 24.2 Å². The standard InChI is InChI=1S/C22H18F3N3O4S/c1-30-17-8-3-12(9-18(17)31-2)15-11-33-21(27-15)19-16(29)10-28(20(19)26)13-4-6-14(7-5-13)32-22(23,24)25/h3-9,11,26,29H,10H2,1-2H3. The Hall–Kier alpha value is -3.73. The topological polar surface area (TPSA) is 87.9 Å². The van der Waals surface area contributed by atoms with Gasteiger partial charge in [-0.05, 0) is 42.5 Å². The number of hydrogen-bond acceptors (Lipinski definition) is 7. The van der Waals surface area contributed by atoms with Gasteiger partial charge in [0.15, 0.2) is 11.5 Å². The highest BCUT2D eigenvalue weighted by Crippen LogP contribution is 2.37. The summed E-state index contributed by atoms with van der Waals surface area (Å²) < 4.78 is 51.6. The minimum atomic E-state index is -4.79. The number of aliphatic hydroxyl groups excluding tert-OH is 1. The van der Waals surface area contributed by atoms with Crippen molar-refractivity contribution in [2.75, 3.05) is 25.7 Å². The molecule has 3 aromatic rings. The van der Waals surface area contributed by atoms with Crippen molar-refractivity contribution in [1.29, 1.82) is 5.41 Å². The number of nitrogens with one attached hydrogen (secondary N) is 1. The second-order valence-electron chi connectivity index (χ2n) is 6.91. The lowest BCUT2D eigenvalue weighted by molar-refractivity contribution is -0.274. The predicted octanol–water partition coefficient (Wildman–Crippen LogP) is 5.49. The number of amidine groups is 1. The van der Waals surface area contributed by atoms with E-state index in [1.807, 2.05) is 6.07 Å². The number of anilines is 1. The Bertz CT molecular complexity index is 1220. The van der Waals surface area contributed by atoms with Crippen LogP contribution in [-0.4, -0.2) is 43.1 Å². The highest BCUT2D eigenvalue weighted by atomic mass is 32.1. The summed E-state index contributed by atoms with van der Waals surface area (Å²) in [6.07, 6.45) is -4.79. The average Bonchev–Trinajstić information content (AvgIpc) is 3.37. The van der Waals surface area contributed by atoms with Crippen LogP contribution in [0, 0.1) is 5.41 Å². The molecule has 1 aromatic heterocycles.